The topological polar surface area (TPSA) is 29.5 Å². The largest absolute Gasteiger partial charge is 0.252 e. The van der Waals surface area contributed by atoms with E-state index in [1.165, 1.54) is 6.42 Å². The summed E-state index contributed by atoms with van der Waals surface area (Å²) in [4.78, 5) is 4.21. The van der Waals surface area contributed by atoms with Crippen molar-refractivity contribution < 1.29 is 10.1 Å². The van der Waals surface area contributed by atoms with Gasteiger partial charge in [0.05, 0.1) is 6.10 Å². The van der Waals surface area contributed by atoms with Gasteiger partial charge in [-0.25, -0.2) is 4.89 Å². The van der Waals surface area contributed by atoms with Crippen molar-refractivity contribution >= 4 is 0 Å². The van der Waals surface area contributed by atoms with E-state index >= 15 is 0 Å². The Balaban J connectivity index is 1.89. The molecule has 2 rings (SSSR count). The Hall–Kier alpha value is -0.0800. The molecule has 8 heavy (non-hydrogen) atoms. The SMILES string of the molecule is OO[C@@H]1C[C@@H]2C[C@@H]2C1. The van der Waals surface area contributed by atoms with Crippen LogP contribution < -0.4 is 0 Å². The maximum atomic E-state index is 8.20. The smallest absolute Gasteiger partial charge is 0.0932 e. The zero-order valence-electron chi connectivity index (χ0n) is 4.71. The van der Waals surface area contributed by atoms with E-state index in [4.69, 9.17) is 5.26 Å². The van der Waals surface area contributed by atoms with E-state index in [1.807, 2.05) is 0 Å². The summed E-state index contributed by atoms with van der Waals surface area (Å²) in [6.07, 6.45) is 3.76. The first-order valence-corrected chi connectivity index (χ1v) is 3.20. The van der Waals surface area contributed by atoms with E-state index in [-0.39, 0.29) is 6.10 Å². The maximum absolute atomic E-state index is 8.20. The molecule has 0 unspecified atom stereocenters. The number of rotatable bonds is 1. The molecule has 3 atom stereocenters. The van der Waals surface area contributed by atoms with Gasteiger partial charge in [-0.2, -0.15) is 0 Å². The highest BCUT2D eigenvalue weighted by atomic mass is 17.1. The molecule has 2 saturated carbocycles. The van der Waals surface area contributed by atoms with E-state index in [2.05, 4.69) is 4.89 Å². The van der Waals surface area contributed by atoms with Gasteiger partial charge in [-0.1, -0.05) is 0 Å². The first-order valence-electron chi connectivity index (χ1n) is 3.20. The highest BCUT2D eigenvalue weighted by Crippen LogP contribution is 2.52. The fourth-order valence-corrected chi connectivity index (χ4v) is 1.75. The second-order valence-electron chi connectivity index (χ2n) is 2.95. The van der Waals surface area contributed by atoms with Crippen molar-refractivity contribution in [1.29, 1.82) is 0 Å². The molecule has 2 nitrogen and oxygen atoms in total. The van der Waals surface area contributed by atoms with Crippen molar-refractivity contribution in [2.45, 2.75) is 25.4 Å². The molecule has 0 radical (unpaired) electrons. The molecule has 0 heterocycles. The lowest BCUT2D eigenvalue weighted by atomic mass is 10.2. The Kier molecular flexibility index (Phi) is 0.866. The van der Waals surface area contributed by atoms with Gasteiger partial charge in [-0.15, -0.1) is 0 Å². The van der Waals surface area contributed by atoms with Crippen LogP contribution >= 0.6 is 0 Å². The second-order valence-corrected chi connectivity index (χ2v) is 2.95. The van der Waals surface area contributed by atoms with Gasteiger partial charge >= 0.3 is 0 Å². The Morgan fingerprint density at radius 1 is 1.12 bits per heavy atom. The van der Waals surface area contributed by atoms with Gasteiger partial charge < -0.3 is 0 Å². The molecular formula is C6H10O2. The molecule has 2 heteroatoms. The molecule has 0 saturated heterocycles. The van der Waals surface area contributed by atoms with Crippen molar-refractivity contribution in [2.75, 3.05) is 0 Å². The van der Waals surface area contributed by atoms with Crippen LogP contribution in [0, 0.1) is 11.8 Å². The third kappa shape index (κ3) is 0.565. The first kappa shape index (κ1) is 4.77. The Morgan fingerprint density at radius 2 is 1.75 bits per heavy atom. The molecule has 0 aliphatic heterocycles. The summed E-state index contributed by atoms with van der Waals surface area (Å²) in [5.41, 5.74) is 0. The van der Waals surface area contributed by atoms with Gasteiger partial charge in [0.1, 0.15) is 0 Å². The van der Waals surface area contributed by atoms with Gasteiger partial charge in [0.2, 0.25) is 0 Å². The van der Waals surface area contributed by atoms with Gasteiger partial charge in [0.15, 0.2) is 0 Å². The minimum Gasteiger partial charge on any atom is -0.252 e. The zero-order valence-corrected chi connectivity index (χ0v) is 4.71. The van der Waals surface area contributed by atoms with Crippen molar-refractivity contribution in [3.63, 3.8) is 0 Å². The number of hydrogen-bond donors (Lipinski definition) is 1. The summed E-state index contributed by atoms with van der Waals surface area (Å²) in [7, 11) is 0. The molecule has 2 aliphatic rings. The molecular weight excluding hydrogens is 104 g/mol. The minimum absolute atomic E-state index is 0.179. The standard InChI is InChI=1S/C6H10O2/c7-8-6-2-4-1-5(4)3-6/h4-7H,1-3H2/t4-,5+,6+. The van der Waals surface area contributed by atoms with Crippen LogP contribution in [-0.2, 0) is 4.89 Å². The van der Waals surface area contributed by atoms with Crippen LogP contribution in [0.1, 0.15) is 19.3 Å². The van der Waals surface area contributed by atoms with Crippen LogP contribution in [0.2, 0.25) is 0 Å². The average molecular weight is 114 g/mol. The highest BCUT2D eigenvalue weighted by molar-refractivity contribution is 4.96. The normalized spacial score (nSPS) is 51.4. The van der Waals surface area contributed by atoms with Crippen LogP contribution in [0.5, 0.6) is 0 Å². The summed E-state index contributed by atoms with van der Waals surface area (Å²) in [6, 6.07) is 0. The van der Waals surface area contributed by atoms with Crippen molar-refractivity contribution in [1.82, 2.24) is 0 Å². The number of fused-ring (bicyclic) bond motifs is 1. The van der Waals surface area contributed by atoms with Crippen molar-refractivity contribution in [3.05, 3.63) is 0 Å². The Bertz CT molecular complexity index is 92.7. The van der Waals surface area contributed by atoms with Crippen LogP contribution in [0.3, 0.4) is 0 Å². The van der Waals surface area contributed by atoms with Crippen molar-refractivity contribution in [2.24, 2.45) is 11.8 Å². The molecule has 0 aromatic heterocycles. The molecule has 0 bridgehead atoms. The van der Waals surface area contributed by atoms with Crippen LogP contribution in [-0.4, -0.2) is 11.4 Å². The summed E-state index contributed by atoms with van der Waals surface area (Å²) in [5.74, 6) is 1.82. The summed E-state index contributed by atoms with van der Waals surface area (Å²) >= 11 is 0. The lowest BCUT2D eigenvalue weighted by molar-refractivity contribution is -0.278. The third-order valence-electron chi connectivity index (χ3n) is 2.35. The molecule has 0 spiro atoms. The molecule has 0 aromatic rings. The van der Waals surface area contributed by atoms with Crippen LogP contribution in [0.25, 0.3) is 0 Å². The predicted molar refractivity (Wildman–Crippen MR) is 28.3 cm³/mol. The number of hydrogen-bond acceptors (Lipinski definition) is 2. The molecule has 2 aliphatic carbocycles. The fraction of sp³-hybridized carbons (Fsp3) is 1.00. The third-order valence-corrected chi connectivity index (χ3v) is 2.35. The van der Waals surface area contributed by atoms with E-state index in [0.717, 1.165) is 24.7 Å². The van der Waals surface area contributed by atoms with E-state index in [1.54, 1.807) is 0 Å². The van der Waals surface area contributed by atoms with E-state index in [9.17, 15) is 0 Å². The van der Waals surface area contributed by atoms with Gasteiger partial charge in [-0.05, 0) is 31.1 Å². The summed E-state index contributed by atoms with van der Waals surface area (Å²) < 4.78 is 0. The Labute approximate surface area is 48.4 Å². The predicted octanol–water partition coefficient (Wildman–Crippen LogP) is 1.27. The minimum atomic E-state index is 0.179. The second kappa shape index (κ2) is 1.45. The average Bonchev–Trinajstić information content (AvgIpc) is 2.40. The zero-order chi connectivity index (χ0) is 5.56. The summed E-state index contributed by atoms with van der Waals surface area (Å²) in [6.45, 7) is 0. The van der Waals surface area contributed by atoms with Gasteiger partial charge in [0.25, 0.3) is 0 Å². The molecule has 1 N–H and O–H groups in total. The lowest BCUT2D eigenvalue weighted by Crippen LogP contribution is -2.06. The van der Waals surface area contributed by atoms with Crippen LogP contribution in [0.15, 0.2) is 0 Å². The maximum Gasteiger partial charge on any atom is 0.0932 e. The highest BCUT2D eigenvalue weighted by Gasteiger charge is 2.46. The monoisotopic (exact) mass is 114 g/mol. The van der Waals surface area contributed by atoms with Gasteiger partial charge in [-0.3, -0.25) is 5.26 Å². The fourth-order valence-electron chi connectivity index (χ4n) is 1.75. The Morgan fingerprint density at radius 3 is 2.12 bits per heavy atom. The summed E-state index contributed by atoms with van der Waals surface area (Å²) in [5, 5.41) is 8.20. The molecule has 46 valence electrons. The molecule has 0 aromatic carbocycles. The lowest BCUT2D eigenvalue weighted by Gasteiger charge is -2.03. The molecule has 0 amide bonds. The van der Waals surface area contributed by atoms with Gasteiger partial charge in [0, 0.05) is 0 Å². The van der Waals surface area contributed by atoms with E-state index in [0.29, 0.717) is 0 Å². The van der Waals surface area contributed by atoms with E-state index < -0.39 is 0 Å². The quantitative estimate of drug-likeness (QED) is 0.411. The van der Waals surface area contributed by atoms with Crippen molar-refractivity contribution in [3.8, 4) is 0 Å². The molecule has 2 fully saturated rings. The first-order chi connectivity index (χ1) is 3.90. The van der Waals surface area contributed by atoms with Crippen LogP contribution in [0.4, 0.5) is 0 Å².